The van der Waals surface area contributed by atoms with Crippen molar-refractivity contribution in [1.29, 1.82) is 0 Å². The maximum atomic E-state index is 11.8. The van der Waals surface area contributed by atoms with Crippen LogP contribution in [0.15, 0.2) is 64.7 Å². The highest BCUT2D eigenvalue weighted by Crippen LogP contribution is 2.33. The van der Waals surface area contributed by atoms with Gasteiger partial charge in [0.05, 0.1) is 5.97 Å². The molecule has 0 atom stereocenters. The van der Waals surface area contributed by atoms with E-state index < -0.39 is 5.97 Å². The van der Waals surface area contributed by atoms with Gasteiger partial charge in [0, 0.05) is 11.3 Å². The topological polar surface area (TPSA) is 81.7 Å². The number of carboxylic acid groups (broad SMARTS) is 1. The van der Waals surface area contributed by atoms with Gasteiger partial charge in [-0.25, -0.2) is 4.98 Å². The molecule has 0 aliphatic rings. The fourth-order valence-corrected chi connectivity index (χ4v) is 3.75. The number of carbonyl (C=O) groups excluding carboxylic acids is 1. The highest BCUT2D eigenvalue weighted by molar-refractivity contribution is 8.04. The van der Waals surface area contributed by atoms with Crippen LogP contribution in [0.4, 0.5) is 0 Å². The Labute approximate surface area is 160 Å². The van der Waals surface area contributed by atoms with Gasteiger partial charge in [0.2, 0.25) is 5.16 Å². The van der Waals surface area contributed by atoms with E-state index in [0.717, 1.165) is 38.9 Å². The zero-order valence-electron chi connectivity index (χ0n) is 14.6. The van der Waals surface area contributed by atoms with Crippen molar-refractivity contribution in [3.05, 3.63) is 70.9 Å². The average Bonchev–Trinajstić information content (AvgIpc) is 3.14. The number of aromatic nitrogens is 3. The normalized spacial score (nSPS) is 12.0. The fraction of sp³-hybridized carbons (Fsp3) is 0.0952. The summed E-state index contributed by atoms with van der Waals surface area (Å²) in [6, 6.07) is 18.0. The first-order chi connectivity index (χ1) is 13.2. The number of benzene rings is 3. The molecule has 0 radical (unpaired) electrons. The number of thioether (sulfide) groups is 1. The van der Waals surface area contributed by atoms with Gasteiger partial charge in [-0.15, -0.1) is 5.10 Å². The summed E-state index contributed by atoms with van der Waals surface area (Å²) in [7, 11) is 0. The number of aliphatic carboxylic acids is 1. The summed E-state index contributed by atoms with van der Waals surface area (Å²) in [5.41, 5.74) is 0.849. The lowest BCUT2D eigenvalue weighted by Gasteiger charge is -2.11. The summed E-state index contributed by atoms with van der Waals surface area (Å²) < 4.78 is 0. The maximum absolute atomic E-state index is 11.8. The Morgan fingerprint density at radius 3 is 2.30 bits per heavy atom. The molecule has 134 valence electrons. The van der Waals surface area contributed by atoms with E-state index >= 15 is 0 Å². The number of carbonyl (C=O) groups is 1. The SMILES string of the molecule is CCc1nc(S/C(=C\c2c3ccccc3cc3ccccc23)C(=O)[O-])n[nH]1. The molecule has 0 bridgehead atoms. The molecular weight excluding hydrogens is 358 g/mol. The van der Waals surface area contributed by atoms with Gasteiger partial charge in [-0.2, -0.15) is 0 Å². The molecule has 0 amide bonds. The van der Waals surface area contributed by atoms with Gasteiger partial charge in [-0.3, -0.25) is 5.10 Å². The molecule has 0 saturated heterocycles. The molecule has 1 N–H and O–H groups in total. The number of hydrogen-bond donors (Lipinski definition) is 1. The van der Waals surface area contributed by atoms with Crippen LogP contribution in [0.25, 0.3) is 27.6 Å². The third-order valence-corrected chi connectivity index (χ3v) is 5.21. The van der Waals surface area contributed by atoms with E-state index in [2.05, 4.69) is 21.2 Å². The maximum Gasteiger partial charge on any atom is 0.213 e. The van der Waals surface area contributed by atoms with Gasteiger partial charge in [0.15, 0.2) is 0 Å². The Morgan fingerprint density at radius 1 is 1.11 bits per heavy atom. The molecule has 1 heterocycles. The van der Waals surface area contributed by atoms with E-state index in [0.29, 0.717) is 17.4 Å². The van der Waals surface area contributed by atoms with Crippen LogP contribution in [0.5, 0.6) is 0 Å². The van der Waals surface area contributed by atoms with Crippen molar-refractivity contribution in [2.24, 2.45) is 0 Å². The Hall–Kier alpha value is -3.12. The predicted octanol–water partition coefficient (Wildman–Crippen LogP) is 3.56. The molecule has 0 saturated carbocycles. The van der Waals surface area contributed by atoms with Gasteiger partial charge >= 0.3 is 0 Å². The van der Waals surface area contributed by atoms with Crippen LogP contribution in [-0.4, -0.2) is 21.2 Å². The molecule has 0 fully saturated rings. The molecule has 0 spiro atoms. The van der Waals surface area contributed by atoms with Crippen LogP contribution in [0.2, 0.25) is 0 Å². The first-order valence-corrected chi connectivity index (χ1v) is 9.40. The minimum absolute atomic E-state index is 0.0677. The summed E-state index contributed by atoms with van der Waals surface area (Å²) in [5.74, 6) is -0.536. The quantitative estimate of drug-likeness (QED) is 0.328. The molecule has 27 heavy (non-hydrogen) atoms. The van der Waals surface area contributed by atoms with Gasteiger partial charge in [0.1, 0.15) is 5.82 Å². The molecule has 1 aromatic heterocycles. The number of carboxylic acids is 1. The number of fused-ring (bicyclic) bond motifs is 2. The molecule has 3 aromatic carbocycles. The number of rotatable bonds is 5. The first kappa shape index (κ1) is 17.3. The lowest BCUT2D eigenvalue weighted by molar-refractivity contribution is -0.297. The van der Waals surface area contributed by atoms with Crippen LogP contribution in [0.1, 0.15) is 18.3 Å². The second-order valence-corrected chi connectivity index (χ2v) is 7.06. The Balaban J connectivity index is 1.90. The van der Waals surface area contributed by atoms with E-state index in [-0.39, 0.29) is 4.91 Å². The van der Waals surface area contributed by atoms with Gasteiger partial charge < -0.3 is 9.90 Å². The van der Waals surface area contributed by atoms with E-state index in [1.165, 1.54) is 0 Å². The van der Waals surface area contributed by atoms with Crippen molar-refractivity contribution in [2.75, 3.05) is 0 Å². The van der Waals surface area contributed by atoms with Crippen molar-refractivity contribution in [2.45, 2.75) is 18.5 Å². The van der Waals surface area contributed by atoms with Crippen LogP contribution in [0.3, 0.4) is 0 Å². The Bertz CT molecular complexity index is 1130. The molecular formula is C21H16N3O2S-. The summed E-state index contributed by atoms with van der Waals surface area (Å²) >= 11 is 0.991. The number of nitrogens with one attached hydrogen (secondary N) is 1. The predicted molar refractivity (Wildman–Crippen MR) is 106 cm³/mol. The second-order valence-electron chi connectivity index (χ2n) is 6.05. The van der Waals surface area contributed by atoms with Crippen LogP contribution in [-0.2, 0) is 11.2 Å². The standard InChI is InChI=1S/C21H17N3O2S/c1-2-19-22-21(24-23-19)27-18(20(25)26)12-17-15-9-5-3-7-13(15)11-14-8-4-6-10-16(14)17/h3-12H,2H2,1H3,(H,25,26)(H,22,23,24)/p-1/b18-12-. The lowest BCUT2D eigenvalue weighted by Crippen LogP contribution is -2.23. The average molecular weight is 374 g/mol. The monoisotopic (exact) mass is 374 g/mol. The number of hydrogen-bond acceptors (Lipinski definition) is 5. The largest absolute Gasteiger partial charge is 0.544 e. The Kier molecular flexibility index (Phi) is 4.64. The molecule has 0 unspecified atom stereocenters. The number of nitrogens with zero attached hydrogens (tertiary/aromatic N) is 2. The lowest BCUT2D eigenvalue weighted by atomic mass is 9.96. The minimum atomic E-state index is -1.25. The van der Waals surface area contributed by atoms with Crippen LogP contribution >= 0.6 is 11.8 Å². The van der Waals surface area contributed by atoms with Crippen molar-refractivity contribution in [3.8, 4) is 0 Å². The van der Waals surface area contributed by atoms with E-state index in [1.54, 1.807) is 6.08 Å². The number of H-pyrrole nitrogens is 1. The van der Waals surface area contributed by atoms with Crippen molar-refractivity contribution in [1.82, 2.24) is 15.2 Å². The zero-order chi connectivity index (χ0) is 18.8. The summed E-state index contributed by atoms with van der Waals surface area (Å²) in [6.45, 7) is 1.95. The molecule has 5 nitrogen and oxygen atoms in total. The third-order valence-electron chi connectivity index (χ3n) is 4.34. The van der Waals surface area contributed by atoms with Gasteiger partial charge in [-0.05, 0) is 51.0 Å². The van der Waals surface area contributed by atoms with Crippen LogP contribution in [0, 0.1) is 0 Å². The van der Waals surface area contributed by atoms with E-state index in [9.17, 15) is 9.90 Å². The summed E-state index contributed by atoms with van der Waals surface area (Å²) in [6.07, 6.45) is 2.36. The van der Waals surface area contributed by atoms with E-state index in [4.69, 9.17) is 0 Å². The van der Waals surface area contributed by atoms with Crippen molar-refractivity contribution in [3.63, 3.8) is 0 Å². The first-order valence-electron chi connectivity index (χ1n) is 8.58. The van der Waals surface area contributed by atoms with Gasteiger partial charge in [0.25, 0.3) is 0 Å². The molecule has 4 rings (SSSR count). The smallest absolute Gasteiger partial charge is 0.213 e. The molecule has 0 aliphatic carbocycles. The highest BCUT2D eigenvalue weighted by Gasteiger charge is 2.11. The molecule has 6 heteroatoms. The third kappa shape index (κ3) is 3.44. The fourth-order valence-electron chi connectivity index (χ4n) is 3.05. The van der Waals surface area contributed by atoms with Crippen molar-refractivity contribution < 1.29 is 9.90 Å². The van der Waals surface area contributed by atoms with Gasteiger partial charge in [-0.1, -0.05) is 55.5 Å². The molecule has 4 aromatic rings. The van der Waals surface area contributed by atoms with Crippen LogP contribution < -0.4 is 5.11 Å². The highest BCUT2D eigenvalue weighted by atomic mass is 32.2. The molecule has 0 aliphatic heterocycles. The minimum Gasteiger partial charge on any atom is -0.544 e. The number of aromatic amines is 1. The number of aryl methyl sites for hydroxylation is 1. The zero-order valence-corrected chi connectivity index (χ0v) is 15.4. The summed E-state index contributed by atoms with van der Waals surface area (Å²) in [5, 5.41) is 23.1. The van der Waals surface area contributed by atoms with E-state index in [1.807, 2.05) is 55.5 Å². The summed E-state index contributed by atoms with van der Waals surface area (Å²) in [4.78, 5) is 16.1. The van der Waals surface area contributed by atoms with Crippen molar-refractivity contribution >= 4 is 45.4 Å². The second kappa shape index (κ2) is 7.25. The Morgan fingerprint density at radius 2 is 1.74 bits per heavy atom.